The lowest BCUT2D eigenvalue weighted by Gasteiger charge is -2.20. The molecule has 0 aliphatic heterocycles. The van der Waals surface area contributed by atoms with E-state index in [2.05, 4.69) is 9.37 Å². The summed E-state index contributed by atoms with van der Waals surface area (Å²) in [7, 11) is 1.60. The first-order valence-electron chi connectivity index (χ1n) is 9.07. The molecule has 4 aromatic rings. The van der Waals surface area contributed by atoms with Crippen molar-refractivity contribution in [2.45, 2.75) is 0 Å². The molecule has 0 aliphatic rings. The van der Waals surface area contributed by atoms with Gasteiger partial charge >= 0.3 is 0 Å². The summed E-state index contributed by atoms with van der Waals surface area (Å²) in [4.78, 5) is 11.0. The highest BCUT2D eigenvalue weighted by molar-refractivity contribution is 7.10. The summed E-state index contributed by atoms with van der Waals surface area (Å²) in [6, 6.07) is 24.5. The minimum atomic E-state index is 0.234. The van der Waals surface area contributed by atoms with E-state index in [1.165, 1.54) is 11.5 Å². The lowest BCUT2D eigenvalue weighted by atomic mass is 10.2. The highest BCUT2D eigenvalue weighted by Crippen LogP contribution is 2.32. The number of hydrogen-bond acceptors (Lipinski definition) is 5. The Hall–Kier alpha value is -3.42. The molecular weight excluding hydrogens is 418 g/mol. The summed E-state index contributed by atoms with van der Waals surface area (Å²) in [5, 5.41) is 1.22. The number of para-hydroxylation sites is 2. The smallest absolute Gasteiger partial charge is 0.217 e. The highest BCUT2D eigenvalue weighted by Gasteiger charge is 2.20. The van der Waals surface area contributed by atoms with Crippen LogP contribution in [0.15, 0.2) is 83.9 Å². The third-order valence-electron chi connectivity index (χ3n) is 4.27. The quantitative estimate of drug-likeness (QED) is 0.323. The van der Waals surface area contributed by atoms with Crippen molar-refractivity contribution < 1.29 is 4.74 Å². The van der Waals surface area contributed by atoms with Gasteiger partial charge in [0.15, 0.2) is 5.82 Å². The molecule has 150 valence electrons. The third-order valence-corrected chi connectivity index (χ3v) is 5.23. The number of aliphatic imine (C=N–C) groups is 1. The molecule has 6 nitrogen and oxygen atoms in total. The lowest BCUT2D eigenvalue weighted by Crippen LogP contribution is -2.33. The molecular formula is C22H18ClN5OS. The van der Waals surface area contributed by atoms with E-state index in [1.807, 2.05) is 66.7 Å². The maximum atomic E-state index is 6.45. The number of nitrogens with zero attached hydrogens (tertiary/aromatic N) is 4. The van der Waals surface area contributed by atoms with E-state index < -0.39 is 0 Å². The fourth-order valence-corrected chi connectivity index (χ4v) is 3.69. The number of anilines is 2. The molecule has 3 aromatic carbocycles. The molecule has 0 aliphatic carbocycles. The zero-order chi connectivity index (χ0) is 20.9. The van der Waals surface area contributed by atoms with Gasteiger partial charge in [-0.3, -0.25) is 4.90 Å². The molecule has 0 spiro atoms. The van der Waals surface area contributed by atoms with E-state index in [1.54, 1.807) is 24.1 Å². The average Bonchev–Trinajstić information content (AvgIpc) is 3.26. The van der Waals surface area contributed by atoms with Crippen LogP contribution in [0.25, 0.3) is 11.4 Å². The monoisotopic (exact) mass is 435 g/mol. The van der Waals surface area contributed by atoms with Crippen molar-refractivity contribution in [1.29, 1.82) is 0 Å². The summed E-state index contributed by atoms with van der Waals surface area (Å²) in [5.41, 5.74) is 8.76. The van der Waals surface area contributed by atoms with Crippen molar-refractivity contribution in [3.63, 3.8) is 0 Å². The zero-order valence-electron chi connectivity index (χ0n) is 16.1. The topological polar surface area (TPSA) is 76.6 Å². The molecule has 0 amide bonds. The van der Waals surface area contributed by atoms with Gasteiger partial charge in [0.2, 0.25) is 11.1 Å². The molecule has 4 rings (SSSR count). The summed E-state index contributed by atoms with van der Waals surface area (Å²) >= 11 is 7.31. The molecule has 0 unspecified atom stereocenters. The number of nitrogens with two attached hydrogens (primary N) is 1. The number of benzene rings is 3. The van der Waals surface area contributed by atoms with Gasteiger partial charge in [-0.1, -0.05) is 54.1 Å². The number of halogens is 1. The fourth-order valence-electron chi connectivity index (χ4n) is 2.84. The van der Waals surface area contributed by atoms with Gasteiger partial charge in [-0.15, -0.1) is 0 Å². The Balaban J connectivity index is 1.78. The van der Waals surface area contributed by atoms with Crippen LogP contribution in [0.5, 0.6) is 5.75 Å². The number of ether oxygens (including phenoxy) is 1. The second-order valence-corrected chi connectivity index (χ2v) is 7.39. The SMILES string of the molecule is COc1ccccc1N=C(N)N(c1ccc(Cl)cc1)c1nc(-c2ccccc2)ns1. The van der Waals surface area contributed by atoms with Crippen LogP contribution in [0.2, 0.25) is 5.02 Å². The molecule has 0 saturated heterocycles. The molecule has 0 saturated carbocycles. The van der Waals surface area contributed by atoms with Crippen LogP contribution in [-0.4, -0.2) is 22.4 Å². The van der Waals surface area contributed by atoms with Gasteiger partial charge in [0.05, 0.1) is 12.8 Å². The van der Waals surface area contributed by atoms with Gasteiger partial charge in [0.1, 0.15) is 11.4 Å². The number of hydrogen-bond donors (Lipinski definition) is 1. The largest absolute Gasteiger partial charge is 0.494 e. The molecule has 30 heavy (non-hydrogen) atoms. The van der Waals surface area contributed by atoms with Crippen LogP contribution in [0.1, 0.15) is 0 Å². The Kier molecular flexibility index (Phi) is 5.92. The van der Waals surface area contributed by atoms with Crippen molar-refractivity contribution in [3.8, 4) is 17.1 Å². The molecule has 1 aromatic heterocycles. The Morgan fingerprint density at radius 3 is 2.43 bits per heavy atom. The van der Waals surface area contributed by atoms with E-state index in [4.69, 9.17) is 27.1 Å². The fraction of sp³-hybridized carbons (Fsp3) is 0.0455. The predicted octanol–water partition coefficient (Wildman–Crippen LogP) is 5.65. The maximum Gasteiger partial charge on any atom is 0.217 e. The van der Waals surface area contributed by atoms with Crippen LogP contribution in [0.4, 0.5) is 16.5 Å². The van der Waals surface area contributed by atoms with E-state index in [-0.39, 0.29) is 5.96 Å². The van der Waals surface area contributed by atoms with Crippen molar-refractivity contribution in [3.05, 3.63) is 83.9 Å². The normalized spacial score (nSPS) is 11.3. The lowest BCUT2D eigenvalue weighted by molar-refractivity contribution is 0.416. The second kappa shape index (κ2) is 8.94. The van der Waals surface area contributed by atoms with Gasteiger partial charge in [0.25, 0.3) is 0 Å². The molecule has 8 heteroatoms. The summed E-state index contributed by atoms with van der Waals surface area (Å²) in [5.74, 6) is 1.48. The minimum Gasteiger partial charge on any atom is -0.494 e. The summed E-state index contributed by atoms with van der Waals surface area (Å²) < 4.78 is 9.89. The number of aromatic nitrogens is 2. The Labute approximate surface area is 183 Å². The van der Waals surface area contributed by atoms with Crippen LogP contribution >= 0.6 is 23.1 Å². The van der Waals surface area contributed by atoms with Crippen molar-refractivity contribution >= 4 is 45.6 Å². The Morgan fingerprint density at radius 2 is 1.70 bits per heavy atom. The first kappa shape index (κ1) is 19.9. The van der Waals surface area contributed by atoms with Gasteiger partial charge in [-0.2, -0.15) is 9.36 Å². The number of rotatable bonds is 5. The van der Waals surface area contributed by atoms with Crippen molar-refractivity contribution in [1.82, 2.24) is 9.36 Å². The van der Waals surface area contributed by atoms with E-state index in [0.717, 1.165) is 11.3 Å². The van der Waals surface area contributed by atoms with Crippen LogP contribution < -0.4 is 15.4 Å². The molecule has 0 fully saturated rings. The zero-order valence-corrected chi connectivity index (χ0v) is 17.6. The third kappa shape index (κ3) is 4.27. The summed E-state index contributed by atoms with van der Waals surface area (Å²) in [6.45, 7) is 0. The molecule has 0 atom stereocenters. The molecule has 0 bridgehead atoms. The average molecular weight is 436 g/mol. The first-order valence-corrected chi connectivity index (χ1v) is 10.2. The summed E-state index contributed by atoms with van der Waals surface area (Å²) in [6.07, 6.45) is 0. The van der Waals surface area contributed by atoms with E-state index in [9.17, 15) is 0 Å². The first-order chi connectivity index (χ1) is 14.7. The van der Waals surface area contributed by atoms with Crippen LogP contribution in [0.3, 0.4) is 0 Å². The number of guanidine groups is 1. The predicted molar refractivity (Wildman–Crippen MR) is 123 cm³/mol. The highest BCUT2D eigenvalue weighted by atomic mass is 35.5. The van der Waals surface area contributed by atoms with Crippen LogP contribution in [0, 0.1) is 0 Å². The minimum absolute atomic E-state index is 0.234. The van der Waals surface area contributed by atoms with Gasteiger partial charge in [-0.05, 0) is 36.4 Å². The van der Waals surface area contributed by atoms with E-state index >= 15 is 0 Å². The van der Waals surface area contributed by atoms with Crippen molar-refractivity contribution in [2.75, 3.05) is 12.0 Å². The number of methoxy groups -OCH3 is 1. The van der Waals surface area contributed by atoms with Gasteiger partial charge in [-0.25, -0.2) is 4.99 Å². The second-order valence-electron chi connectivity index (χ2n) is 6.22. The Bertz CT molecular complexity index is 1160. The van der Waals surface area contributed by atoms with Crippen LogP contribution in [-0.2, 0) is 0 Å². The molecule has 2 N–H and O–H groups in total. The maximum absolute atomic E-state index is 6.45. The van der Waals surface area contributed by atoms with Gasteiger partial charge in [0, 0.05) is 22.1 Å². The van der Waals surface area contributed by atoms with E-state index in [0.29, 0.717) is 27.4 Å². The molecule has 1 heterocycles. The standard InChI is InChI=1S/C22H18ClN5OS/c1-29-19-10-6-5-9-18(19)25-21(24)28(17-13-11-16(23)12-14-17)22-26-20(27-30-22)15-7-3-2-4-8-15/h2-14H,1H3,(H2,24,25). The van der Waals surface area contributed by atoms with Crippen molar-refractivity contribution in [2.24, 2.45) is 10.7 Å². The van der Waals surface area contributed by atoms with Gasteiger partial charge < -0.3 is 10.5 Å². The molecule has 0 radical (unpaired) electrons. The Morgan fingerprint density at radius 1 is 1.00 bits per heavy atom.